The van der Waals surface area contributed by atoms with E-state index in [1.807, 2.05) is 31.2 Å². The highest BCUT2D eigenvalue weighted by Gasteiger charge is 2.40. The Kier molecular flexibility index (Phi) is 8.74. The molecule has 1 aromatic carbocycles. The quantitative estimate of drug-likeness (QED) is 0.441. The second kappa shape index (κ2) is 10.8. The fourth-order valence-electron chi connectivity index (χ4n) is 4.30. The van der Waals surface area contributed by atoms with E-state index in [2.05, 4.69) is 0 Å². The van der Waals surface area contributed by atoms with E-state index < -0.39 is 24.3 Å². The summed E-state index contributed by atoms with van der Waals surface area (Å²) in [5, 5.41) is 39.8. The van der Waals surface area contributed by atoms with Crippen LogP contribution in [-0.4, -0.2) is 38.6 Å². The molecule has 4 N–H and O–H groups in total. The van der Waals surface area contributed by atoms with Crippen molar-refractivity contribution in [1.82, 2.24) is 0 Å². The van der Waals surface area contributed by atoms with Crippen LogP contribution in [0.2, 0.25) is 0 Å². The van der Waals surface area contributed by atoms with Crippen molar-refractivity contribution in [3.63, 3.8) is 0 Å². The number of carboxylic acid groups (broad SMARTS) is 1. The molecule has 0 spiro atoms. The summed E-state index contributed by atoms with van der Waals surface area (Å²) in [7, 11) is 0. The van der Waals surface area contributed by atoms with Crippen molar-refractivity contribution < 1.29 is 25.2 Å². The minimum atomic E-state index is -0.753. The number of unbranched alkanes of at least 4 members (excludes halogenated alkanes) is 3. The number of hydrogen-bond donors (Lipinski definition) is 4. The number of carboxylic acids is 1. The van der Waals surface area contributed by atoms with Crippen LogP contribution in [0, 0.1) is 18.8 Å². The number of aliphatic carboxylic acids is 1. The third kappa shape index (κ3) is 6.91. The SMILES string of the molecule is Cc1ccc(C(O)CCC2C(CCCCCCC(=O)O)[C@@H](O)C[C@H]2O)cc1. The average Bonchev–Trinajstić information content (AvgIpc) is 2.89. The largest absolute Gasteiger partial charge is 0.481 e. The molecule has 1 aliphatic carbocycles. The Labute approximate surface area is 162 Å². The molecule has 3 unspecified atom stereocenters. The lowest BCUT2D eigenvalue weighted by molar-refractivity contribution is -0.137. The lowest BCUT2D eigenvalue weighted by Gasteiger charge is -2.24. The van der Waals surface area contributed by atoms with Gasteiger partial charge in [-0.15, -0.1) is 0 Å². The lowest BCUT2D eigenvalue weighted by atomic mass is 9.84. The van der Waals surface area contributed by atoms with Crippen molar-refractivity contribution in [3.8, 4) is 0 Å². The molecule has 0 bridgehead atoms. The Morgan fingerprint density at radius 1 is 1.00 bits per heavy atom. The van der Waals surface area contributed by atoms with Gasteiger partial charge in [-0.1, -0.05) is 49.1 Å². The molecule has 1 aromatic rings. The molecule has 5 heteroatoms. The maximum Gasteiger partial charge on any atom is 0.303 e. The van der Waals surface area contributed by atoms with Gasteiger partial charge >= 0.3 is 5.97 Å². The van der Waals surface area contributed by atoms with Crippen LogP contribution in [0.4, 0.5) is 0 Å². The minimum Gasteiger partial charge on any atom is -0.481 e. The van der Waals surface area contributed by atoms with Crippen LogP contribution in [0.3, 0.4) is 0 Å². The zero-order chi connectivity index (χ0) is 19.8. The fraction of sp³-hybridized carbons (Fsp3) is 0.682. The summed E-state index contributed by atoms with van der Waals surface area (Å²) < 4.78 is 0. The van der Waals surface area contributed by atoms with Gasteiger partial charge in [0.15, 0.2) is 0 Å². The number of rotatable bonds is 11. The van der Waals surface area contributed by atoms with Gasteiger partial charge in [-0.2, -0.15) is 0 Å². The highest BCUT2D eigenvalue weighted by molar-refractivity contribution is 5.66. The molecule has 0 aliphatic heterocycles. The first-order chi connectivity index (χ1) is 12.9. The molecule has 5 nitrogen and oxygen atoms in total. The van der Waals surface area contributed by atoms with E-state index in [0.717, 1.165) is 36.8 Å². The Bertz CT molecular complexity index is 571. The molecule has 1 saturated carbocycles. The highest BCUT2D eigenvalue weighted by Crippen LogP contribution is 2.40. The number of hydrogen-bond acceptors (Lipinski definition) is 4. The summed E-state index contributed by atoms with van der Waals surface area (Å²) >= 11 is 0. The van der Waals surface area contributed by atoms with Crippen molar-refractivity contribution in [2.45, 2.75) is 83.0 Å². The van der Waals surface area contributed by atoms with Gasteiger partial charge in [0, 0.05) is 6.42 Å². The van der Waals surface area contributed by atoms with E-state index in [1.54, 1.807) is 0 Å². The number of aliphatic hydroxyl groups is 3. The van der Waals surface area contributed by atoms with Gasteiger partial charge in [-0.05, 0) is 56.4 Å². The van der Waals surface area contributed by atoms with Gasteiger partial charge in [0.2, 0.25) is 0 Å². The van der Waals surface area contributed by atoms with E-state index in [9.17, 15) is 20.1 Å². The molecule has 1 aliphatic rings. The third-order valence-corrected chi connectivity index (χ3v) is 5.94. The predicted molar refractivity (Wildman–Crippen MR) is 104 cm³/mol. The zero-order valence-corrected chi connectivity index (χ0v) is 16.3. The van der Waals surface area contributed by atoms with Crippen LogP contribution >= 0.6 is 0 Å². The molecule has 5 atom stereocenters. The van der Waals surface area contributed by atoms with Gasteiger partial charge in [0.05, 0.1) is 18.3 Å². The Hall–Kier alpha value is -1.43. The van der Waals surface area contributed by atoms with Gasteiger partial charge in [-0.3, -0.25) is 4.79 Å². The van der Waals surface area contributed by atoms with Crippen molar-refractivity contribution in [1.29, 1.82) is 0 Å². The summed E-state index contributed by atoms with van der Waals surface area (Å²) in [6.07, 6.45) is 4.65. The molecule has 0 saturated heterocycles. The number of aryl methyl sites for hydroxylation is 1. The van der Waals surface area contributed by atoms with Crippen LogP contribution in [-0.2, 0) is 4.79 Å². The van der Waals surface area contributed by atoms with Crippen LogP contribution in [0.5, 0.6) is 0 Å². The van der Waals surface area contributed by atoms with Crippen LogP contribution in [0.25, 0.3) is 0 Å². The van der Waals surface area contributed by atoms with Crippen LogP contribution < -0.4 is 0 Å². The number of aliphatic hydroxyl groups excluding tert-OH is 3. The zero-order valence-electron chi connectivity index (χ0n) is 16.3. The van der Waals surface area contributed by atoms with Crippen molar-refractivity contribution >= 4 is 5.97 Å². The summed E-state index contributed by atoms with van der Waals surface area (Å²) in [6, 6.07) is 7.85. The molecule has 0 heterocycles. The predicted octanol–water partition coefficient (Wildman–Crippen LogP) is 3.59. The minimum absolute atomic E-state index is 0.0131. The summed E-state index contributed by atoms with van der Waals surface area (Å²) in [5.41, 5.74) is 2.05. The monoisotopic (exact) mass is 378 g/mol. The second-order valence-electron chi connectivity index (χ2n) is 8.05. The molecule has 0 radical (unpaired) electrons. The summed E-state index contributed by atoms with van der Waals surface area (Å²) in [6.45, 7) is 2.01. The van der Waals surface area contributed by atoms with Gasteiger partial charge in [-0.25, -0.2) is 0 Å². The third-order valence-electron chi connectivity index (χ3n) is 5.94. The molecule has 0 amide bonds. The molecule has 2 rings (SSSR count). The van der Waals surface area contributed by atoms with Gasteiger partial charge < -0.3 is 20.4 Å². The van der Waals surface area contributed by atoms with Crippen LogP contribution in [0.15, 0.2) is 24.3 Å². The topological polar surface area (TPSA) is 98.0 Å². The van der Waals surface area contributed by atoms with Crippen LogP contribution in [0.1, 0.15) is 75.0 Å². The smallest absolute Gasteiger partial charge is 0.303 e. The Morgan fingerprint density at radius 3 is 2.22 bits per heavy atom. The number of benzene rings is 1. The fourth-order valence-corrected chi connectivity index (χ4v) is 4.30. The van der Waals surface area contributed by atoms with E-state index in [-0.39, 0.29) is 18.3 Å². The van der Waals surface area contributed by atoms with Crippen molar-refractivity contribution in [2.75, 3.05) is 0 Å². The van der Waals surface area contributed by atoms with E-state index in [1.165, 1.54) is 0 Å². The van der Waals surface area contributed by atoms with E-state index in [0.29, 0.717) is 25.7 Å². The molecule has 27 heavy (non-hydrogen) atoms. The summed E-state index contributed by atoms with van der Waals surface area (Å²) in [5.74, 6) is -0.680. The van der Waals surface area contributed by atoms with Crippen molar-refractivity contribution in [3.05, 3.63) is 35.4 Å². The standard InChI is InChI=1S/C22H34O5/c1-15-8-10-16(11-9-15)19(23)13-12-18-17(20(24)14-21(18)25)6-4-2-3-5-7-22(26)27/h8-11,17-21,23-25H,2-7,12-14H2,1H3,(H,26,27)/t17?,18?,19?,20-,21+/m0/s1. The highest BCUT2D eigenvalue weighted by atomic mass is 16.4. The first kappa shape index (κ1) is 21.9. The van der Waals surface area contributed by atoms with Gasteiger partial charge in [0.25, 0.3) is 0 Å². The van der Waals surface area contributed by atoms with Crippen molar-refractivity contribution in [2.24, 2.45) is 11.8 Å². The second-order valence-corrected chi connectivity index (χ2v) is 8.05. The lowest BCUT2D eigenvalue weighted by Crippen LogP contribution is -2.23. The normalized spacial score (nSPS) is 26.2. The van der Waals surface area contributed by atoms with Gasteiger partial charge in [0.1, 0.15) is 0 Å². The Morgan fingerprint density at radius 2 is 1.59 bits per heavy atom. The van der Waals surface area contributed by atoms with E-state index in [4.69, 9.17) is 5.11 Å². The molecular weight excluding hydrogens is 344 g/mol. The number of carbonyl (C=O) groups is 1. The average molecular weight is 379 g/mol. The first-order valence-corrected chi connectivity index (χ1v) is 10.2. The maximum atomic E-state index is 10.5. The summed E-state index contributed by atoms with van der Waals surface area (Å²) in [4.78, 5) is 10.5. The maximum absolute atomic E-state index is 10.5. The molecule has 152 valence electrons. The first-order valence-electron chi connectivity index (χ1n) is 10.2. The molecule has 1 fully saturated rings. The van der Waals surface area contributed by atoms with E-state index >= 15 is 0 Å². The molecular formula is C22H34O5. The molecule has 0 aromatic heterocycles. The Balaban J connectivity index is 1.78.